The first kappa shape index (κ1) is 31.0. The molecule has 2 heterocycles. The SMILES string of the molecule is CCOC(=O)C1=C(COCCNC2O[C@H](CO)[C@H](O)[C@@H](O)[C@@H]2O)NC(C)=C(C(=O)OC)C1c1ccccc1Cl. The lowest BCUT2D eigenvalue weighted by Gasteiger charge is -2.40. The van der Waals surface area contributed by atoms with E-state index in [1.165, 1.54) is 7.11 Å². The van der Waals surface area contributed by atoms with Crippen molar-refractivity contribution in [1.82, 2.24) is 10.6 Å². The highest BCUT2D eigenvalue weighted by atomic mass is 35.5. The number of aliphatic hydroxyl groups excluding tert-OH is 4. The molecule has 39 heavy (non-hydrogen) atoms. The number of nitrogens with one attached hydrogen (secondary N) is 2. The van der Waals surface area contributed by atoms with Gasteiger partial charge in [-0.3, -0.25) is 5.32 Å². The average molecular weight is 571 g/mol. The zero-order valence-corrected chi connectivity index (χ0v) is 22.7. The maximum Gasteiger partial charge on any atom is 0.336 e. The van der Waals surface area contributed by atoms with Crippen LogP contribution >= 0.6 is 11.6 Å². The molecule has 0 bridgehead atoms. The van der Waals surface area contributed by atoms with Crippen LogP contribution < -0.4 is 10.6 Å². The molecule has 3 rings (SSSR count). The molecule has 1 aromatic carbocycles. The van der Waals surface area contributed by atoms with Gasteiger partial charge in [-0.15, -0.1) is 0 Å². The Morgan fingerprint density at radius 2 is 1.82 bits per heavy atom. The standard InChI is InChI=1S/C26H35ClN2O10/c1-4-38-26(35)20-16(12-37-10-9-28-24-23(33)22(32)21(31)17(11-30)39-24)29-13(2)18(25(34)36-3)19(20)14-7-5-6-8-15(14)27/h5-8,17,19,21-24,28-33H,4,9-12H2,1-3H3/t17-,19?,21+,22-,23+,24?/m1/s1. The second kappa shape index (κ2) is 14.2. The summed E-state index contributed by atoms with van der Waals surface area (Å²) in [6, 6.07) is 6.86. The molecule has 1 fully saturated rings. The van der Waals surface area contributed by atoms with Gasteiger partial charge in [0.05, 0.1) is 56.3 Å². The van der Waals surface area contributed by atoms with Gasteiger partial charge in [0.1, 0.15) is 30.6 Å². The minimum atomic E-state index is -1.50. The van der Waals surface area contributed by atoms with Gasteiger partial charge in [-0.05, 0) is 25.5 Å². The van der Waals surface area contributed by atoms with Crippen molar-refractivity contribution >= 4 is 23.5 Å². The van der Waals surface area contributed by atoms with Crippen molar-refractivity contribution in [2.45, 2.75) is 50.4 Å². The molecular weight excluding hydrogens is 536 g/mol. The van der Waals surface area contributed by atoms with E-state index in [0.29, 0.717) is 22.0 Å². The van der Waals surface area contributed by atoms with Gasteiger partial charge in [0.15, 0.2) is 0 Å². The van der Waals surface area contributed by atoms with Crippen LogP contribution in [0.4, 0.5) is 0 Å². The Morgan fingerprint density at radius 1 is 1.10 bits per heavy atom. The smallest absolute Gasteiger partial charge is 0.336 e. The number of benzene rings is 1. The van der Waals surface area contributed by atoms with E-state index in [-0.39, 0.29) is 37.5 Å². The van der Waals surface area contributed by atoms with E-state index in [1.54, 1.807) is 38.1 Å². The molecule has 216 valence electrons. The van der Waals surface area contributed by atoms with E-state index in [4.69, 9.17) is 30.5 Å². The van der Waals surface area contributed by atoms with Crippen molar-refractivity contribution in [2.24, 2.45) is 0 Å². The molecule has 6 N–H and O–H groups in total. The zero-order valence-electron chi connectivity index (χ0n) is 21.9. The zero-order chi connectivity index (χ0) is 28.7. The topological polar surface area (TPSA) is 176 Å². The van der Waals surface area contributed by atoms with Crippen LogP contribution in [0.5, 0.6) is 0 Å². The highest BCUT2D eigenvalue weighted by Crippen LogP contribution is 2.41. The van der Waals surface area contributed by atoms with Crippen molar-refractivity contribution in [2.75, 3.05) is 40.1 Å². The summed E-state index contributed by atoms with van der Waals surface area (Å²) in [5, 5.41) is 45.6. The number of rotatable bonds is 11. The van der Waals surface area contributed by atoms with Crippen LogP contribution in [0.2, 0.25) is 5.02 Å². The van der Waals surface area contributed by atoms with Crippen molar-refractivity contribution in [3.8, 4) is 0 Å². The summed E-state index contributed by atoms with van der Waals surface area (Å²) in [6.07, 6.45) is -6.47. The molecule has 0 amide bonds. The van der Waals surface area contributed by atoms with Gasteiger partial charge in [0, 0.05) is 17.3 Å². The second-order valence-electron chi connectivity index (χ2n) is 8.98. The van der Waals surface area contributed by atoms with Crippen LogP contribution in [0.1, 0.15) is 25.3 Å². The largest absolute Gasteiger partial charge is 0.466 e. The van der Waals surface area contributed by atoms with E-state index in [2.05, 4.69) is 10.6 Å². The first-order valence-electron chi connectivity index (χ1n) is 12.5. The fraction of sp³-hybridized carbons (Fsp3) is 0.538. The number of hydrogen-bond donors (Lipinski definition) is 6. The Balaban J connectivity index is 1.80. The number of esters is 2. The molecule has 12 nitrogen and oxygen atoms in total. The molecule has 0 radical (unpaired) electrons. The van der Waals surface area contributed by atoms with Crippen molar-refractivity contribution < 1.29 is 49.0 Å². The molecule has 13 heteroatoms. The highest BCUT2D eigenvalue weighted by Gasteiger charge is 2.43. The van der Waals surface area contributed by atoms with Crippen LogP contribution in [0.3, 0.4) is 0 Å². The Labute approximate surface area is 231 Å². The number of halogens is 1. The molecule has 2 aliphatic rings. The minimum Gasteiger partial charge on any atom is -0.466 e. The van der Waals surface area contributed by atoms with Crippen molar-refractivity contribution in [3.05, 3.63) is 57.4 Å². The van der Waals surface area contributed by atoms with Crippen molar-refractivity contribution in [1.29, 1.82) is 0 Å². The van der Waals surface area contributed by atoms with Crippen LogP contribution in [-0.4, -0.2) is 103 Å². The summed E-state index contributed by atoms with van der Waals surface area (Å²) in [6.45, 7) is 3.08. The Kier molecular flexibility index (Phi) is 11.3. The summed E-state index contributed by atoms with van der Waals surface area (Å²) >= 11 is 6.49. The van der Waals surface area contributed by atoms with Crippen LogP contribution in [-0.2, 0) is 28.5 Å². The number of methoxy groups -OCH3 is 1. The predicted molar refractivity (Wildman–Crippen MR) is 138 cm³/mol. The van der Waals surface area contributed by atoms with Gasteiger partial charge in [-0.25, -0.2) is 9.59 Å². The molecule has 0 spiro atoms. The average Bonchev–Trinajstić information content (AvgIpc) is 2.92. The summed E-state index contributed by atoms with van der Waals surface area (Å²) in [5.41, 5.74) is 1.71. The van der Waals surface area contributed by atoms with Gasteiger partial charge in [0.2, 0.25) is 0 Å². The molecule has 6 atom stereocenters. The van der Waals surface area contributed by atoms with Gasteiger partial charge >= 0.3 is 11.9 Å². The van der Waals surface area contributed by atoms with Gasteiger partial charge in [-0.1, -0.05) is 29.8 Å². The molecular formula is C26H35ClN2O10. The molecule has 2 aliphatic heterocycles. The third-order valence-electron chi connectivity index (χ3n) is 6.49. The van der Waals surface area contributed by atoms with E-state index in [1.807, 2.05) is 0 Å². The lowest BCUT2D eigenvalue weighted by atomic mass is 9.80. The van der Waals surface area contributed by atoms with Gasteiger partial charge in [0.25, 0.3) is 0 Å². The minimum absolute atomic E-state index is 0.0722. The summed E-state index contributed by atoms with van der Waals surface area (Å²) in [7, 11) is 1.25. The number of ether oxygens (including phenoxy) is 4. The van der Waals surface area contributed by atoms with Crippen LogP contribution in [0, 0.1) is 0 Å². The Morgan fingerprint density at radius 3 is 2.46 bits per heavy atom. The summed E-state index contributed by atoms with van der Waals surface area (Å²) < 4.78 is 21.5. The van der Waals surface area contributed by atoms with Crippen LogP contribution in [0.15, 0.2) is 46.8 Å². The lowest BCUT2D eigenvalue weighted by molar-refractivity contribution is -0.236. The molecule has 2 unspecified atom stereocenters. The second-order valence-corrected chi connectivity index (χ2v) is 9.39. The molecule has 0 aromatic heterocycles. The first-order valence-corrected chi connectivity index (χ1v) is 12.9. The predicted octanol–water partition coefficient (Wildman–Crippen LogP) is -0.303. The fourth-order valence-corrected chi connectivity index (χ4v) is 4.82. The first-order chi connectivity index (χ1) is 18.7. The quantitative estimate of drug-likeness (QED) is 0.151. The summed E-state index contributed by atoms with van der Waals surface area (Å²) in [4.78, 5) is 26.0. The van der Waals surface area contributed by atoms with Crippen LogP contribution in [0.25, 0.3) is 0 Å². The number of carbonyl (C=O) groups is 2. The number of carbonyl (C=O) groups excluding carboxylic acids is 2. The monoisotopic (exact) mass is 570 g/mol. The molecule has 0 saturated carbocycles. The Hall–Kier alpha value is -2.55. The van der Waals surface area contributed by atoms with Crippen molar-refractivity contribution in [3.63, 3.8) is 0 Å². The van der Waals surface area contributed by atoms with Gasteiger partial charge in [-0.2, -0.15) is 0 Å². The van der Waals surface area contributed by atoms with E-state index >= 15 is 0 Å². The summed E-state index contributed by atoms with van der Waals surface area (Å²) in [5.74, 6) is -2.16. The van der Waals surface area contributed by atoms with E-state index < -0.39 is 55.1 Å². The molecule has 1 saturated heterocycles. The van der Waals surface area contributed by atoms with E-state index in [0.717, 1.165) is 0 Å². The third kappa shape index (κ3) is 6.97. The number of allylic oxidation sites excluding steroid dienone is 1. The molecule has 1 aromatic rings. The number of aliphatic hydroxyl groups is 4. The maximum absolute atomic E-state index is 13.2. The Bertz CT molecular complexity index is 1090. The van der Waals surface area contributed by atoms with E-state index in [9.17, 15) is 30.0 Å². The lowest BCUT2D eigenvalue weighted by Crippen LogP contribution is -2.62. The number of hydrogen-bond acceptors (Lipinski definition) is 12. The maximum atomic E-state index is 13.2. The van der Waals surface area contributed by atoms with Gasteiger partial charge < -0.3 is 44.7 Å². The molecule has 0 aliphatic carbocycles. The third-order valence-corrected chi connectivity index (χ3v) is 6.84. The number of dihydropyridines is 1. The normalized spacial score (nSPS) is 27.3. The fourth-order valence-electron chi connectivity index (χ4n) is 4.58. The highest BCUT2D eigenvalue weighted by molar-refractivity contribution is 6.31.